The minimum Gasteiger partial charge on any atom is -0.381 e. The largest absolute Gasteiger partial charge is 0.381 e. The average molecular weight is 550 g/mol. The summed E-state index contributed by atoms with van der Waals surface area (Å²) in [6, 6.07) is 10.6. The molecule has 1 atom stereocenters. The van der Waals surface area contributed by atoms with Crippen molar-refractivity contribution in [2.75, 3.05) is 17.9 Å². The number of anilines is 1. The summed E-state index contributed by atoms with van der Waals surface area (Å²) in [5.74, 6) is -2.15. The molecule has 11 heteroatoms. The van der Waals surface area contributed by atoms with Gasteiger partial charge in [-0.1, -0.05) is 17.7 Å². The third-order valence-electron chi connectivity index (χ3n) is 5.75. The third-order valence-corrected chi connectivity index (χ3v) is 8.34. The molecule has 1 fully saturated rings. The second-order valence-electron chi connectivity index (χ2n) is 8.10. The number of halogens is 4. The molecule has 1 saturated heterocycles. The van der Waals surface area contributed by atoms with Crippen molar-refractivity contribution in [2.45, 2.75) is 23.7 Å². The maximum atomic E-state index is 15.8. The van der Waals surface area contributed by atoms with E-state index in [9.17, 15) is 13.0 Å². The van der Waals surface area contributed by atoms with Crippen molar-refractivity contribution in [1.82, 2.24) is 9.97 Å². The van der Waals surface area contributed by atoms with E-state index in [1.165, 1.54) is 17.4 Å². The predicted molar refractivity (Wildman–Crippen MR) is 135 cm³/mol. The number of aromatic nitrogens is 2. The Balaban J connectivity index is 1.56. The van der Waals surface area contributed by atoms with Gasteiger partial charge in [-0.25, -0.2) is 27.3 Å². The molecule has 0 amide bonds. The van der Waals surface area contributed by atoms with Gasteiger partial charge in [0.15, 0.2) is 16.8 Å². The monoisotopic (exact) mass is 549 g/mol. The van der Waals surface area contributed by atoms with Crippen LogP contribution in [0.4, 0.5) is 18.9 Å². The van der Waals surface area contributed by atoms with Gasteiger partial charge in [-0.15, -0.1) is 11.3 Å². The molecule has 0 aliphatic carbocycles. The van der Waals surface area contributed by atoms with E-state index in [4.69, 9.17) is 21.3 Å². The van der Waals surface area contributed by atoms with Gasteiger partial charge in [-0.2, -0.15) is 0 Å². The number of thiazole rings is 1. The van der Waals surface area contributed by atoms with Crippen LogP contribution in [0.25, 0.3) is 21.7 Å². The Morgan fingerprint density at radius 3 is 2.67 bits per heavy atom. The molecule has 0 saturated carbocycles. The molecule has 1 N–H and O–H groups in total. The van der Waals surface area contributed by atoms with E-state index >= 15 is 4.39 Å². The Hall–Kier alpha value is -2.79. The van der Waals surface area contributed by atoms with Crippen LogP contribution in [-0.2, 0) is 15.7 Å². The molecule has 186 valence electrons. The smallest absolute Gasteiger partial charge is 0.156 e. The molecule has 4 aromatic rings. The van der Waals surface area contributed by atoms with Crippen molar-refractivity contribution < 1.29 is 22.1 Å². The Kier molecular flexibility index (Phi) is 7.38. The van der Waals surface area contributed by atoms with Crippen molar-refractivity contribution in [3.05, 3.63) is 82.3 Å². The third kappa shape index (κ3) is 5.17. The quantitative estimate of drug-likeness (QED) is 0.264. The van der Waals surface area contributed by atoms with Gasteiger partial charge in [0.05, 0.1) is 26.2 Å². The highest BCUT2D eigenvalue weighted by Crippen LogP contribution is 2.43. The summed E-state index contributed by atoms with van der Waals surface area (Å²) < 4.78 is 64.1. The van der Waals surface area contributed by atoms with Crippen LogP contribution in [0, 0.1) is 17.5 Å². The molecule has 1 unspecified atom stereocenters. The van der Waals surface area contributed by atoms with Crippen LogP contribution in [0.5, 0.6) is 0 Å². The molecule has 5 rings (SSSR count). The highest BCUT2D eigenvalue weighted by molar-refractivity contribution is 7.86. The fourth-order valence-electron chi connectivity index (χ4n) is 3.95. The number of nitrogens with zero attached hydrogens (tertiary/aromatic N) is 2. The van der Waals surface area contributed by atoms with E-state index in [0.29, 0.717) is 28.9 Å². The Labute approximate surface area is 216 Å². The predicted octanol–water partition coefficient (Wildman–Crippen LogP) is 6.97. The first-order chi connectivity index (χ1) is 17.4. The van der Waals surface area contributed by atoms with Crippen molar-refractivity contribution >= 4 is 39.6 Å². The van der Waals surface area contributed by atoms with Gasteiger partial charge in [0.25, 0.3) is 0 Å². The van der Waals surface area contributed by atoms with Gasteiger partial charge >= 0.3 is 0 Å². The highest BCUT2D eigenvalue weighted by atomic mass is 35.5. The standard InChI is InChI=1S/C25H19ClF3N3O2S2/c26-21-12-15(6-9-30-21)24-23(31-25(35-24)14-7-10-34-11-8-14)17-2-1-3-19(22(17)29)32-36(33)20-13-16(27)4-5-18(20)28/h1-6,9,12-14,32H,7-8,10-11H2. The topological polar surface area (TPSA) is 64.1 Å². The van der Waals surface area contributed by atoms with E-state index in [1.807, 2.05) is 0 Å². The summed E-state index contributed by atoms with van der Waals surface area (Å²) in [4.78, 5) is 9.15. The zero-order valence-electron chi connectivity index (χ0n) is 18.6. The SMILES string of the molecule is O=S(Nc1cccc(-c2nc(C3CCOCC3)sc2-c2ccnc(Cl)c2)c1F)c1cc(F)ccc1F. The first kappa shape index (κ1) is 24.9. The van der Waals surface area contributed by atoms with Crippen molar-refractivity contribution in [1.29, 1.82) is 0 Å². The minimum atomic E-state index is -2.24. The molecule has 3 heterocycles. The minimum absolute atomic E-state index is 0.131. The van der Waals surface area contributed by atoms with Gasteiger partial charge in [-0.05, 0) is 60.9 Å². The summed E-state index contributed by atoms with van der Waals surface area (Å²) >= 11 is 7.59. The summed E-state index contributed by atoms with van der Waals surface area (Å²) in [6.07, 6.45) is 3.19. The summed E-state index contributed by atoms with van der Waals surface area (Å²) in [5.41, 5.74) is 1.19. The van der Waals surface area contributed by atoms with E-state index < -0.39 is 33.3 Å². The van der Waals surface area contributed by atoms with Crippen LogP contribution in [-0.4, -0.2) is 27.4 Å². The molecule has 2 aromatic carbocycles. The molecule has 0 spiro atoms. The normalized spacial score (nSPS) is 15.1. The molecule has 1 aliphatic rings. The van der Waals surface area contributed by atoms with E-state index in [0.717, 1.165) is 41.6 Å². The molecular weight excluding hydrogens is 531 g/mol. The molecule has 36 heavy (non-hydrogen) atoms. The van der Waals surface area contributed by atoms with Crippen LogP contribution in [0.2, 0.25) is 5.15 Å². The van der Waals surface area contributed by atoms with Crippen LogP contribution < -0.4 is 4.72 Å². The lowest BCUT2D eigenvalue weighted by molar-refractivity contribution is 0.0853. The number of hydrogen-bond acceptors (Lipinski definition) is 5. The Morgan fingerprint density at radius 2 is 1.89 bits per heavy atom. The second-order valence-corrected chi connectivity index (χ2v) is 10.7. The van der Waals surface area contributed by atoms with Crippen LogP contribution >= 0.6 is 22.9 Å². The van der Waals surface area contributed by atoms with E-state index in [2.05, 4.69) is 9.71 Å². The summed E-state index contributed by atoms with van der Waals surface area (Å²) in [5, 5.41) is 1.15. The van der Waals surface area contributed by atoms with Gasteiger partial charge in [-0.3, -0.25) is 4.72 Å². The number of pyridine rings is 1. The van der Waals surface area contributed by atoms with Gasteiger partial charge in [0.1, 0.15) is 16.8 Å². The summed E-state index contributed by atoms with van der Waals surface area (Å²) in [7, 11) is -2.24. The first-order valence-electron chi connectivity index (χ1n) is 11.0. The van der Waals surface area contributed by atoms with Gasteiger partial charge < -0.3 is 4.74 Å². The number of benzene rings is 2. The fraction of sp³-hybridized carbons (Fsp3) is 0.200. The van der Waals surface area contributed by atoms with Gasteiger partial charge in [0.2, 0.25) is 0 Å². The molecular formula is C25H19ClF3N3O2S2. The van der Waals surface area contributed by atoms with Crippen LogP contribution in [0.3, 0.4) is 0 Å². The van der Waals surface area contributed by atoms with Gasteiger partial charge in [0, 0.05) is 30.9 Å². The van der Waals surface area contributed by atoms with Crippen molar-refractivity contribution in [3.63, 3.8) is 0 Å². The summed E-state index contributed by atoms with van der Waals surface area (Å²) in [6.45, 7) is 1.26. The lowest BCUT2D eigenvalue weighted by Crippen LogP contribution is -2.13. The molecule has 1 aliphatic heterocycles. The highest BCUT2D eigenvalue weighted by Gasteiger charge is 2.25. The average Bonchev–Trinajstić information content (AvgIpc) is 3.32. The number of ether oxygens (including phenoxy) is 1. The molecule has 2 aromatic heterocycles. The lowest BCUT2D eigenvalue weighted by Gasteiger charge is -2.19. The maximum Gasteiger partial charge on any atom is 0.156 e. The van der Waals surface area contributed by atoms with E-state index in [1.54, 1.807) is 30.5 Å². The zero-order chi connectivity index (χ0) is 25.2. The van der Waals surface area contributed by atoms with Crippen molar-refractivity contribution in [3.8, 4) is 21.7 Å². The first-order valence-corrected chi connectivity index (χ1v) is 13.4. The molecule has 0 radical (unpaired) electrons. The number of hydrogen-bond donors (Lipinski definition) is 1. The zero-order valence-corrected chi connectivity index (χ0v) is 21.0. The van der Waals surface area contributed by atoms with Crippen LogP contribution in [0.1, 0.15) is 23.8 Å². The lowest BCUT2D eigenvalue weighted by atomic mass is 10.0. The van der Waals surface area contributed by atoms with Crippen LogP contribution in [0.15, 0.2) is 59.6 Å². The Morgan fingerprint density at radius 1 is 1.08 bits per heavy atom. The van der Waals surface area contributed by atoms with Crippen molar-refractivity contribution in [2.24, 2.45) is 0 Å². The molecule has 0 bridgehead atoms. The Bertz CT molecular complexity index is 1440. The fourth-order valence-corrected chi connectivity index (χ4v) is 6.30. The maximum absolute atomic E-state index is 15.8. The number of rotatable bonds is 6. The second kappa shape index (κ2) is 10.7. The molecule has 5 nitrogen and oxygen atoms in total. The van der Waals surface area contributed by atoms with E-state index in [-0.39, 0.29) is 17.2 Å². The number of nitrogens with one attached hydrogen (secondary N) is 1.